The van der Waals surface area contributed by atoms with Gasteiger partial charge in [-0.2, -0.15) is 0 Å². The standard InChI is InChI=1S/C30H30F3NO4S/c1-3-36-28(35)18-37-27-12-10-25(15-20(27)2)39-34-17-23-16-22(7-11-26(23)29(19-34)13-4-14-29)21-5-8-24(9-6-21)38-30(31,32)33/h5-12,15-16H,3-4,13-14,17-19H2,1-2H3. The molecule has 1 aliphatic heterocycles. The van der Waals surface area contributed by atoms with Gasteiger partial charge in [0.15, 0.2) is 6.61 Å². The molecule has 39 heavy (non-hydrogen) atoms. The van der Waals surface area contributed by atoms with Crippen LogP contribution in [0.2, 0.25) is 0 Å². The topological polar surface area (TPSA) is 48.0 Å². The Hall–Kier alpha value is -3.17. The normalized spacial score (nSPS) is 16.3. The minimum Gasteiger partial charge on any atom is -0.482 e. The molecule has 0 atom stereocenters. The average molecular weight is 558 g/mol. The van der Waals surface area contributed by atoms with E-state index in [1.807, 2.05) is 19.1 Å². The number of carbonyl (C=O) groups excluding carboxylic acids is 1. The van der Waals surface area contributed by atoms with Crippen molar-refractivity contribution >= 4 is 17.9 Å². The molecule has 0 amide bonds. The van der Waals surface area contributed by atoms with Gasteiger partial charge in [0, 0.05) is 23.4 Å². The van der Waals surface area contributed by atoms with E-state index in [9.17, 15) is 18.0 Å². The van der Waals surface area contributed by atoms with E-state index in [4.69, 9.17) is 9.47 Å². The molecule has 0 radical (unpaired) electrons. The highest BCUT2D eigenvalue weighted by Gasteiger charge is 2.44. The second-order valence-electron chi connectivity index (χ2n) is 9.99. The van der Waals surface area contributed by atoms with Crippen molar-refractivity contribution in [2.24, 2.45) is 0 Å². The Kier molecular flexibility index (Phi) is 7.82. The van der Waals surface area contributed by atoms with Crippen LogP contribution in [0.15, 0.2) is 65.6 Å². The Balaban J connectivity index is 1.32. The molecule has 3 aromatic carbocycles. The van der Waals surface area contributed by atoms with Gasteiger partial charge in [0.1, 0.15) is 11.5 Å². The van der Waals surface area contributed by atoms with E-state index in [1.165, 1.54) is 29.7 Å². The summed E-state index contributed by atoms with van der Waals surface area (Å²) in [4.78, 5) is 12.7. The smallest absolute Gasteiger partial charge is 0.482 e. The number of benzene rings is 3. The van der Waals surface area contributed by atoms with E-state index in [0.717, 1.165) is 47.5 Å². The summed E-state index contributed by atoms with van der Waals surface area (Å²) in [5.41, 5.74) is 5.50. The van der Waals surface area contributed by atoms with Crippen molar-refractivity contribution < 1.29 is 32.2 Å². The van der Waals surface area contributed by atoms with Crippen LogP contribution in [-0.4, -0.2) is 36.4 Å². The second-order valence-corrected chi connectivity index (χ2v) is 11.2. The lowest BCUT2D eigenvalue weighted by atomic mass is 9.62. The molecule has 0 N–H and O–H groups in total. The number of esters is 1. The number of fused-ring (bicyclic) bond motifs is 2. The molecule has 1 saturated carbocycles. The molecule has 1 heterocycles. The summed E-state index contributed by atoms with van der Waals surface area (Å²) in [6.07, 6.45) is -1.23. The molecule has 0 bridgehead atoms. The zero-order valence-corrected chi connectivity index (χ0v) is 22.7. The molecule has 5 nitrogen and oxygen atoms in total. The fraction of sp³-hybridized carbons (Fsp3) is 0.367. The highest BCUT2D eigenvalue weighted by molar-refractivity contribution is 7.97. The second kappa shape index (κ2) is 11.1. The van der Waals surface area contributed by atoms with Crippen molar-refractivity contribution in [2.75, 3.05) is 19.8 Å². The molecule has 1 aliphatic carbocycles. The lowest BCUT2D eigenvalue weighted by Gasteiger charge is -2.49. The SMILES string of the molecule is CCOC(=O)COc1ccc(SN2Cc3cc(-c4ccc(OC(F)(F)F)cc4)ccc3C3(CCC3)C2)cc1C. The Morgan fingerprint density at radius 3 is 2.41 bits per heavy atom. The third kappa shape index (κ3) is 6.36. The summed E-state index contributed by atoms with van der Waals surface area (Å²) in [5.74, 6) is 0.0362. The number of carbonyl (C=O) groups is 1. The van der Waals surface area contributed by atoms with Gasteiger partial charge >= 0.3 is 12.3 Å². The van der Waals surface area contributed by atoms with Gasteiger partial charge in [-0.15, -0.1) is 13.2 Å². The number of hydrogen-bond donors (Lipinski definition) is 0. The summed E-state index contributed by atoms with van der Waals surface area (Å²) < 4.78 is 54.6. The van der Waals surface area contributed by atoms with Crippen LogP contribution in [0.3, 0.4) is 0 Å². The predicted octanol–water partition coefficient (Wildman–Crippen LogP) is 7.45. The van der Waals surface area contributed by atoms with Gasteiger partial charge in [0.25, 0.3) is 0 Å². The van der Waals surface area contributed by atoms with Crippen molar-refractivity contribution in [1.82, 2.24) is 4.31 Å². The number of nitrogens with zero attached hydrogens (tertiary/aromatic N) is 1. The molecule has 0 saturated heterocycles. The summed E-state index contributed by atoms with van der Waals surface area (Å²) in [6, 6.07) is 18.4. The first-order valence-corrected chi connectivity index (χ1v) is 13.7. The van der Waals surface area contributed by atoms with Crippen molar-refractivity contribution in [1.29, 1.82) is 0 Å². The van der Waals surface area contributed by atoms with Gasteiger partial charge in [0.2, 0.25) is 0 Å². The van der Waals surface area contributed by atoms with Crippen LogP contribution in [0.1, 0.15) is 42.9 Å². The average Bonchev–Trinajstić information content (AvgIpc) is 2.86. The summed E-state index contributed by atoms with van der Waals surface area (Å²) in [7, 11) is 0. The first kappa shape index (κ1) is 27.4. The molecule has 5 rings (SSSR count). The number of alkyl halides is 3. The Morgan fingerprint density at radius 2 is 1.77 bits per heavy atom. The number of aryl methyl sites for hydroxylation is 1. The van der Waals surface area contributed by atoms with Crippen molar-refractivity contribution in [3.63, 3.8) is 0 Å². The molecular formula is C30H30F3NO4S. The van der Waals surface area contributed by atoms with E-state index in [1.54, 1.807) is 31.0 Å². The van der Waals surface area contributed by atoms with Crippen LogP contribution < -0.4 is 9.47 Å². The van der Waals surface area contributed by atoms with E-state index >= 15 is 0 Å². The molecule has 0 unspecified atom stereocenters. The van der Waals surface area contributed by atoms with E-state index < -0.39 is 12.3 Å². The number of rotatable bonds is 8. The van der Waals surface area contributed by atoms with Gasteiger partial charge in [-0.05, 0) is 103 Å². The number of ether oxygens (including phenoxy) is 3. The number of hydrogen-bond acceptors (Lipinski definition) is 6. The molecule has 206 valence electrons. The largest absolute Gasteiger partial charge is 0.573 e. The van der Waals surface area contributed by atoms with Crippen LogP contribution in [0.25, 0.3) is 11.1 Å². The number of halogens is 3. The minimum atomic E-state index is -4.71. The van der Waals surface area contributed by atoms with Gasteiger partial charge in [-0.3, -0.25) is 0 Å². The van der Waals surface area contributed by atoms with Crippen LogP contribution in [0.4, 0.5) is 13.2 Å². The highest BCUT2D eigenvalue weighted by atomic mass is 32.2. The fourth-order valence-corrected chi connectivity index (χ4v) is 6.54. The molecule has 9 heteroatoms. The monoisotopic (exact) mass is 557 g/mol. The van der Waals surface area contributed by atoms with E-state index in [2.05, 4.69) is 33.3 Å². The zero-order chi connectivity index (χ0) is 27.6. The third-order valence-electron chi connectivity index (χ3n) is 7.27. The molecule has 1 spiro atoms. The molecule has 2 aliphatic rings. The van der Waals surface area contributed by atoms with Crippen LogP contribution in [0, 0.1) is 6.92 Å². The van der Waals surface area contributed by atoms with Crippen molar-refractivity contribution in [2.45, 2.75) is 56.3 Å². The molecular weight excluding hydrogens is 527 g/mol. The first-order valence-electron chi connectivity index (χ1n) is 13.0. The summed E-state index contributed by atoms with van der Waals surface area (Å²) >= 11 is 1.71. The Bertz CT molecular complexity index is 1340. The van der Waals surface area contributed by atoms with E-state index in [-0.39, 0.29) is 17.8 Å². The third-order valence-corrected chi connectivity index (χ3v) is 8.25. The quantitative estimate of drug-likeness (QED) is 0.212. The maximum atomic E-state index is 12.5. The molecule has 0 aromatic heterocycles. The van der Waals surface area contributed by atoms with Gasteiger partial charge in [0.05, 0.1) is 6.61 Å². The van der Waals surface area contributed by atoms with Crippen LogP contribution in [-0.2, 0) is 21.5 Å². The summed E-state index contributed by atoms with van der Waals surface area (Å²) in [6.45, 7) is 5.63. The lowest BCUT2D eigenvalue weighted by molar-refractivity contribution is -0.274. The Morgan fingerprint density at radius 1 is 1.03 bits per heavy atom. The Labute approximate surface area is 230 Å². The maximum Gasteiger partial charge on any atom is 0.573 e. The van der Waals surface area contributed by atoms with Crippen molar-refractivity contribution in [3.8, 4) is 22.6 Å². The first-order chi connectivity index (χ1) is 18.6. The van der Waals surface area contributed by atoms with Gasteiger partial charge in [-0.1, -0.05) is 30.7 Å². The zero-order valence-electron chi connectivity index (χ0n) is 21.8. The van der Waals surface area contributed by atoms with E-state index in [0.29, 0.717) is 12.4 Å². The fourth-order valence-electron chi connectivity index (χ4n) is 5.36. The van der Waals surface area contributed by atoms with Crippen molar-refractivity contribution in [3.05, 3.63) is 77.4 Å². The van der Waals surface area contributed by atoms with Crippen LogP contribution >= 0.6 is 11.9 Å². The summed E-state index contributed by atoms with van der Waals surface area (Å²) in [5, 5.41) is 0. The maximum absolute atomic E-state index is 12.5. The van der Waals surface area contributed by atoms with Crippen LogP contribution in [0.5, 0.6) is 11.5 Å². The minimum absolute atomic E-state index is 0.118. The molecule has 3 aromatic rings. The highest BCUT2D eigenvalue weighted by Crippen LogP contribution is 2.50. The van der Waals surface area contributed by atoms with Gasteiger partial charge in [-0.25, -0.2) is 9.10 Å². The predicted molar refractivity (Wildman–Crippen MR) is 144 cm³/mol. The lowest BCUT2D eigenvalue weighted by Crippen LogP contribution is -2.47. The molecule has 1 fully saturated rings. The van der Waals surface area contributed by atoms with Gasteiger partial charge < -0.3 is 14.2 Å².